The fourth-order valence-electron chi connectivity index (χ4n) is 3.50. The van der Waals surface area contributed by atoms with Crippen LogP contribution in [0, 0.1) is 31.3 Å². The monoisotopic (exact) mass is 422 g/mol. The van der Waals surface area contributed by atoms with E-state index in [2.05, 4.69) is 5.32 Å². The van der Waals surface area contributed by atoms with E-state index in [4.69, 9.17) is 0 Å². The van der Waals surface area contributed by atoms with Crippen molar-refractivity contribution in [2.24, 2.45) is 0 Å². The Morgan fingerprint density at radius 1 is 0.774 bits per heavy atom. The van der Waals surface area contributed by atoms with Gasteiger partial charge in [-0.1, -0.05) is 29.8 Å². The highest BCUT2D eigenvalue weighted by Crippen LogP contribution is 2.35. The van der Waals surface area contributed by atoms with Crippen LogP contribution in [-0.4, -0.2) is 11.8 Å². The maximum absolute atomic E-state index is 14.4. The number of carbonyl (C=O) groups excluding carboxylic acids is 2. The maximum Gasteiger partial charge on any atom is 0.282 e. The standard InChI is InChI=1S/C24H17F3N2O2/c1-13-3-9-19(14(2)11-13)28-22-21(15-4-6-16(25)7-5-15)23(30)29(24(22)31)20-10-8-17(26)12-18(20)27/h3-12,28H,1-2H3. The van der Waals surface area contributed by atoms with Gasteiger partial charge in [0, 0.05) is 11.8 Å². The third-order valence-electron chi connectivity index (χ3n) is 5.01. The van der Waals surface area contributed by atoms with Crippen molar-refractivity contribution in [1.29, 1.82) is 0 Å². The van der Waals surface area contributed by atoms with Crippen LogP contribution in [0.15, 0.2) is 66.4 Å². The average molecular weight is 422 g/mol. The van der Waals surface area contributed by atoms with Crippen molar-refractivity contribution in [3.05, 3.63) is 101 Å². The lowest BCUT2D eigenvalue weighted by molar-refractivity contribution is -0.120. The van der Waals surface area contributed by atoms with Gasteiger partial charge in [-0.2, -0.15) is 0 Å². The zero-order valence-electron chi connectivity index (χ0n) is 16.7. The van der Waals surface area contributed by atoms with Crippen LogP contribution >= 0.6 is 0 Å². The Labute approximate surface area is 176 Å². The van der Waals surface area contributed by atoms with E-state index in [1.54, 1.807) is 6.07 Å². The van der Waals surface area contributed by atoms with Crippen molar-refractivity contribution in [2.45, 2.75) is 13.8 Å². The second kappa shape index (κ2) is 7.75. The number of imide groups is 1. The number of hydrogen-bond donors (Lipinski definition) is 1. The molecule has 0 saturated carbocycles. The number of carbonyl (C=O) groups is 2. The van der Waals surface area contributed by atoms with E-state index in [1.807, 2.05) is 26.0 Å². The third kappa shape index (κ3) is 3.70. The minimum Gasteiger partial charge on any atom is -0.350 e. The van der Waals surface area contributed by atoms with Gasteiger partial charge in [0.05, 0.1) is 11.3 Å². The largest absolute Gasteiger partial charge is 0.350 e. The van der Waals surface area contributed by atoms with Crippen LogP contribution in [0.2, 0.25) is 0 Å². The van der Waals surface area contributed by atoms with E-state index in [-0.39, 0.29) is 22.5 Å². The Hall–Kier alpha value is -3.87. The molecule has 4 rings (SSSR count). The summed E-state index contributed by atoms with van der Waals surface area (Å²) >= 11 is 0. The molecule has 0 fully saturated rings. The van der Waals surface area contributed by atoms with E-state index in [0.29, 0.717) is 16.7 Å². The Morgan fingerprint density at radius 2 is 1.45 bits per heavy atom. The van der Waals surface area contributed by atoms with E-state index in [1.165, 1.54) is 12.1 Å². The van der Waals surface area contributed by atoms with Crippen LogP contribution in [0.5, 0.6) is 0 Å². The fraction of sp³-hybridized carbons (Fsp3) is 0.0833. The number of anilines is 2. The molecule has 0 atom stereocenters. The van der Waals surface area contributed by atoms with Gasteiger partial charge in [0.1, 0.15) is 23.1 Å². The summed E-state index contributed by atoms with van der Waals surface area (Å²) in [4.78, 5) is 27.1. The van der Waals surface area contributed by atoms with Gasteiger partial charge in [-0.25, -0.2) is 18.1 Å². The van der Waals surface area contributed by atoms with Gasteiger partial charge < -0.3 is 5.32 Å². The molecule has 3 aromatic rings. The summed E-state index contributed by atoms with van der Waals surface area (Å²) in [6.45, 7) is 3.76. The second-order valence-corrected chi connectivity index (χ2v) is 7.24. The molecule has 7 heteroatoms. The van der Waals surface area contributed by atoms with Gasteiger partial charge in [-0.15, -0.1) is 0 Å². The molecular weight excluding hydrogens is 405 g/mol. The Bertz CT molecular complexity index is 1250. The predicted octanol–water partition coefficient (Wildman–Crippen LogP) is 5.12. The fourth-order valence-corrected chi connectivity index (χ4v) is 3.50. The molecule has 3 aromatic carbocycles. The Morgan fingerprint density at radius 3 is 2.10 bits per heavy atom. The molecule has 0 saturated heterocycles. The lowest BCUT2D eigenvalue weighted by Gasteiger charge is -2.16. The zero-order valence-corrected chi connectivity index (χ0v) is 16.7. The third-order valence-corrected chi connectivity index (χ3v) is 5.01. The number of amides is 2. The summed E-state index contributed by atoms with van der Waals surface area (Å²) in [5, 5.41) is 2.99. The molecule has 0 radical (unpaired) electrons. The number of nitrogens with one attached hydrogen (secondary N) is 1. The topological polar surface area (TPSA) is 49.4 Å². The van der Waals surface area contributed by atoms with Crippen LogP contribution in [0.1, 0.15) is 16.7 Å². The average Bonchev–Trinajstić information content (AvgIpc) is 2.95. The molecule has 156 valence electrons. The molecule has 4 nitrogen and oxygen atoms in total. The summed E-state index contributed by atoms with van der Waals surface area (Å²) in [5.74, 6) is -3.98. The van der Waals surface area contributed by atoms with E-state index in [9.17, 15) is 22.8 Å². The molecule has 0 aromatic heterocycles. The number of nitrogens with zero attached hydrogens (tertiary/aromatic N) is 1. The lowest BCUT2D eigenvalue weighted by atomic mass is 10.0. The SMILES string of the molecule is Cc1ccc(NC2=C(c3ccc(F)cc3)C(=O)N(c3ccc(F)cc3F)C2=O)c(C)c1. The first-order chi connectivity index (χ1) is 14.8. The molecule has 0 bridgehead atoms. The molecule has 1 heterocycles. The van der Waals surface area contributed by atoms with Crippen molar-refractivity contribution in [3.8, 4) is 0 Å². The van der Waals surface area contributed by atoms with Crippen LogP contribution in [0.25, 0.3) is 5.57 Å². The Kier molecular flexibility index (Phi) is 5.10. The quantitative estimate of drug-likeness (QED) is 0.594. The molecule has 2 amide bonds. The number of hydrogen-bond acceptors (Lipinski definition) is 3. The number of rotatable bonds is 4. The van der Waals surface area contributed by atoms with Crippen molar-refractivity contribution in [2.75, 3.05) is 10.2 Å². The first-order valence-corrected chi connectivity index (χ1v) is 9.44. The van der Waals surface area contributed by atoms with Crippen molar-refractivity contribution in [1.82, 2.24) is 0 Å². The normalized spacial score (nSPS) is 13.9. The van der Waals surface area contributed by atoms with E-state index < -0.39 is 29.3 Å². The molecule has 1 aliphatic heterocycles. The molecule has 1 N–H and O–H groups in total. The first kappa shape index (κ1) is 20.4. The highest BCUT2D eigenvalue weighted by molar-refractivity contribution is 6.46. The summed E-state index contributed by atoms with van der Waals surface area (Å²) in [6.07, 6.45) is 0. The van der Waals surface area contributed by atoms with Gasteiger partial charge in [-0.3, -0.25) is 9.59 Å². The molecule has 0 spiro atoms. The molecule has 0 unspecified atom stereocenters. The van der Waals surface area contributed by atoms with Crippen LogP contribution in [0.3, 0.4) is 0 Å². The highest BCUT2D eigenvalue weighted by atomic mass is 19.1. The van der Waals surface area contributed by atoms with Gasteiger partial charge in [0.2, 0.25) is 0 Å². The van der Waals surface area contributed by atoms with E-state index >= 15 is 0 Å². The molecular formula is C24H17F3N2O2. The number of benzene rings is 3. The smallest absolute Gasteiger partial charge is 0.282 e. The summed E-state index contributed by atoms with van der Waals surface area (Å²) in [5.41, 5.74) is 2.24. The molecule has 0 aliphatic carbocycles. The summed E-state index contributed by atoms with van der Waals surface area (Å²) in [7, 11) is 0. The van der Waals surface area contributed by atoms with Gasteiger partial charge in [0.15, 0.2) is 0 Å². The molecule has 31 heavy (non-hydrogen) atoms. The number of aryl methyl sites for hydroxylation is 2. The van der Waals surface area contributed by atoms with Crippen molar-refractivity contribution >= 4 is 28.8 Å². The van der Waals surface area contributed by atoms with Crippen molar-refractivity contribution in [3.63, 3.8) is 0 Å². The second-order valence-electron chi connectivity index (χ2n) is 7.24. The minimum atomic E-state index is -1.05. The molecule has 1 aliphatic rings. The van der Waals surface area contributed by atoms with Crippen LogP contribution < -0.4 is 10.2 Å². The van der Waals surface area contributed by atoms with Crippen molar-refractivity contribution < 1.29 is 22.8 Å². The van der Waals surface area contributed by atoms with Gasteiger partial charge in [-0.05, 0) is 55.3 Å². The van der Waals surface area contributed by atoms with E-state index in [0.717, 1.165) is 35.4 Å². The van der Waals surface area contributed by atoms with Crippen LogP contribution in [0.4, 0.5) is 24.5 Å². The first-order valence-electron chi connectivity index (χ1n) is 9.44. The Balaban J connectivity index is 1.85. The lowest BCUT2D eigenvalue weighted by Crippen LogP contribution is -2.33. The van der Waals surface area contributed by atoms with Gasteiger partial charge in [0.25, 0.3) is 11.8 Å². The highest BCUT2D eigenvalue weighted by Gasteiger charge is 2.41. The predicted molar refractivity (Wildman–Crippen MR) is 112 cm³/mol. The maximum atomic E-state index is 14.4. The minimum absolute atomic E-state index is 0.0336. The summed E-state index contributed by atoms with van der Waals surface area (Å²) < 4.78 is 41.2. The number of halogens is 3. The zero-order chi connectivity index (χ0) is 22.3. The summed E-state index contributed by atoms with van der Waals surface area (Å²) in [6, 6.07) is 13.2. The van der Waals surface area contributed by atoms with Crippen LogP contribution in [-0.2, 0) is 9.59 Å². The van der Waals surface area contributed by atoms with Gasteiger partial charge >= 0.3 is 0 Å².